The van der Waals surface area contributed by atoms with Crippen molar-refractivity contribution in [3.63, 3.8) is 0 Å². The summed E-state index contributed by atoms with van der Waals surface area (Å²) in [5, 5.41) is 3.43. The molecule has 0 bridgehead atoms. The van der Waals surface area contributed by atoms with Crippen molar-refractivity contribution in [2.75, 3.05) is 23.4 Å². The van der Waals surface area contributed by atoms with Gasteiger partial charge in [-0.1, -0.05) is 19.1 Å². The highest BCUT2D eigenvalue weighted by Crippen LogP contribution is 2.20. The number of nitrogens with one attached hydrogen (secondary N) is 1. The number of nitrogens with zero attached hydrogens (tertiary/aromatic N) is 1. The molecule has 0 aliphatic carbocycles. The van der Waals surface area contributed by atoms with Gasteiger partial charge in [0.2, 0.25) is 0 Å². The minimum Gasteiger partial charge on any atom is -0.449 e. The number of rotatable bonds is 7. The van der Waals surface area contributed by atoms with Crippen LogP contribution in [-0.2, 0) is 0 Å². The minimum absolute atomic E-state index is 0.700. The molecule has 0 unspecified atom stereocenters. The highest BCUT2D eigenvalue weighted by Gasteiger charge is 2.02. The van der Waals surface area contributed by atoms with Crippen molar-refractivity contribution in [1.29, 1.82) is 0 Å². The molecule has 0 saturated carbocycles. The van der Waals surface area contributed by atoms with Gasteiger partial charge >= 0.3 is 0 Å². The summed E-state index contributed by atoms with van der Waals surface area (Å²) in [7, 11) is 0. The Bertz CT molecular complexity index is 493. The lowest BCUT2D eigenvalue weighted by molar-refractivity contribution is 0.521. The van der Waals surface area contributed by atoms with Gasteiger partial charge in [0.1, 0.15) is 12.0 Å². The summed E-state index contributed by atoms with van der Waals surface area (Å²) in [4.78, 5) is 4.32. The number of oxazole rings is 1. The van der Waals surface area contributed by atoms with Gasteiger partial charge in [-0.2, -0.15) is 11.8 Å². The van der Waals surface area contributed by atoms with Crippen LogP contribution in [0.5, 0.6) is 0 Å². The fourth-order valence-electron chi connectivity index (χ4n) is 1.81. The van der Waals surface area contributed by atoms with Gasteiger partial charge < -0.3 is 9.73 Å². The van der Waals surface area contributed by atoms with E-state index in [2.05, 4.69) is 41.5 Å². The number of anilines is 1. The maximum atomic E-state index is 5.22. The number of aromatic nitrogens is 1. The molecule has 0 radical (unpaired) electrons. The Balaban J connectivity index is 1.85. The zero-order chi connectivity index (χ0) is 13.5. The third kappa shape index (κ3) is 4.31. The zero-order valence-electron chi connectivity index (χ0n) is 11.5. The molecule has 1 aromatic carbocycles. The van der Waals surface area contributed by atoms with E-state index in [4.69, 9.17) is 4.42 Å². The van der Waals surface area contributed by atoms with Crippen LogP contribution in [0.15, 0.2) is 34.9 Å². The number of hydrogen-bond donors (Lipinski definition) is 1. The molecule has 4 heteroatoms. The lowest BCUT2D eigenvalue weighted by Gasteiger charge is -2.06. The van der Waals surface area contributed by atoms with Crippen molar-refractivity contribution in [1.82, 2.24) is 4.98 Å². The van der Waals surface area contributed by atoms with E-state index in [9.17, 15) is 0 Å². The molecule has 0 saturated heterocycles. The summed E-state index contributed by atoms with van der Waals surface area (Å²) in [6.07, 6.45) is 2.89. The van der Waals surface area contributed by atoms with E-state index in [1.807, 2.05) is 18.7 Å². The van der Waals surface area contributed by atoms with Crippen LogP contribution in [0.4, 0.5) is 5.69 Å². The van der Waals surface area contributed by atoms with Crippen molar-refractivity contribution in [2.45, 2.75) is 20.3 Å². The van der Waals surface area contributed by atoms with Crippen LogP contribution in [0, 0.1) is 6.92 Å². The summed E-state index contributed by atoms with van der Waals surface area (Å²) in [6, 6.07) is 8.32. The van der Waals surface area contributed by atoms with Gasteiger partial charge in [0, 0.05) is 24.7 Å². The van der Waals surface area contributed by atoms with E-state index in [0.717, 1.165) is 23.5 Å². The van der Waals surface area contributed by atoms with Crippen molar-refractivity contribution >= 4 is 17.4 Å². The second-order valence-electron chi connectivity index (χ2n) is 4.31. The topological polar surface area (TPSA) is 38.1 Å². The lowest BCUT2D eigenvalue weighted by atomic mass is 10.1. The van der Waals surface area contributed by atoms with Crippen LogP contribution < -0.4 is 5.32 Å². The standard InChI is InChI=1S/C15H20N2OS/c1-3-19-10-4-9-16-14-7-5-13(6-8-14)15-11-18-12(2)17-15/h5-8,11,16H,3-4,9-10H2,1-2H3. The van der Waals surface area contributed by atoms with Crippen LogP contribution in [-0.4, -0.2) is 23.0 Å². The second-order valence-corrected chi connectivity index (χ2v) is 5.70. The maximum absolute atomic E-state index is 5.22. The third-order valence-electron chi connectivity index (χ3n) is 2.80. The largest absolute Gasteiger partial charge is 0.449 e. The van der Waals surface area contributed by atoms with E-state index in [0.29, 0.717) is 5.89 Å². The molecule has 0 aliphatic rings. The van der Waals surface area contributed by atoms with Crippen LogP contribution >= 0.6 is 11.8 Å². The number of hydrogen-bond acceptors (Lipinski definition) is 4. The Morgan fingerprint density at radius 2 is 2.05 bits per heavy atom. The fourth-order valence-corrected chi connectivity index (χ4v) is 2.44. The lowest BCUT2D eigenvalue weighted by Crippen LogP contribution is -2.02. The van der Waals surface area contributed by atoms with Gasteiger partial charge in [-0.05, 0) is 30.1 Å². The van der Waals surface area contributed by atoms with Crippen LogP contribution in [0.25, 0.3) is 11.3 Å². The van der Waals surface area contributed by atoms with Crippen LogP contribution in [0.3, 0.4) is 0 Å². The van der Waals surface area contributed by atoms with E-state index < -0.39 is 0 Å². The van der Waals surface area contributed by atoms with Gasteiger partial charge in [-0.25, -0.2) is 4.98 Å². The normalized spacial score (nSPS) is 10.6. The molecule has 0 aliphatic heterocycles. The van der Waals surface area contributed by atoms with Gasteiger partial charge in [0.05, 0.1) is 0 Å². The van der Waals surface area contributed by atoms with Gasteiger partial charge in [0.15, 0.2) is 5.89 Å². The van der Waals surface area contributed by atoms with Gasteiger partial charge in [0.25, 0.3) is 0 Å². The monoisotopic (exact) mass is 276 g/mol. The molecule has 0 spiro atoms. The first-order valence-corrected chi connectivity index (χ1v) is 7.79. The molecule has 0 amide bonds. The van der Waals surface area contributed by atoms with Crippen LogP contribution in [0.1, 0.15) is 19.2 Å². The van der Waals surface area contributed by atoms with E-state index in [-0.39, 0.29) is 0 Å². The summed E-state index contributed by atoms with van der Waals surface area (Å²) >= 11 is 1.99. The molecule has 2 rings (SSSR count). The van der Waals surface area contributed by atoms with E-state index >= 15 is 0 Å². The smallest absolute Gasteiger partial charge is 0.191 e. The molecule has 1 N–H and O–H groups in total. The summed E-state index contributed by atoms with van der Waals surface area (Å²) < 4.78 is 5.22. The zero-order valence-corrected chi connectivity index (χ0v) is 12.3. The number of aryl methyl sites for hydroxylation is 1. The van der Waals surface area contributed by atoms with Crippen molar-refractivity contribution in [2.24, 2.45) is 0 Å². The highest BCUT2D eigenvalue weighted by molar-refractivity contribution is 7.99. The molecule has 2 aromatic rings. The molecule has 102 valence electrons. The molecular formula is C15H20N2OS. The molecule has 3 nitrogen and oxygen atoms in total. The Kier molecular flexibility index (Phi) is 5.33. The molecule has 1 aromatic heterocycles. The first kappa shape index (κ1) is 14.0. The van der Waals surface area contributed by atoms with Crippen LogP contribution in [0.2, 0.25) is 0 Å². The van der Waals surface area contributed by atoms with Gasteiger partial charge in [-0.15, -0.1) is 0 Å². The predicted molar refractivity (Wildman–Crippen MR) is 82.8 cm³/mol. The number of benzene rings is 1. The summed E-state index contributed by atoms with van der Waals surface area (Å²) in [6.45, 7) is 5.07. The van der Waals surface area contributed by atoms with Gasteiger partial charge in [-0.3, -0.25) is 0 Å². The average Bonchev–Trinajstić information content (AvgIpc) is 2.86. The predicted octanol–water partition coefficient (Wildman–Crippen LogP) is 4.21. The quantitative estimate of drug-likeness (QED) is 0.769. The van der Waals surface area contributed by atoms with E-state index in [1.165, 1.54) is 17.9 Å². The summed E-state index contributed by atoms with van der Waals surface area (Å²) in [5.41, 5.74) is 3.14. The highest BCUT2D eigenvalue weighted by atomic mass is 32.2. The Labute approximate surface area is 118 Å². The first-order valence-electron chi connectivity index (χ1n) is 6.64. The molecule has 1 heterocycles. The maximum Gasteiger partial charge on any atom is 0.191 e. The van der Waals surface area contributed by atoms with E-state index in [1.54, 1.807) is 6.26 Å². The SMILES string of the molecule is CCSCCCNc1ccc(-c2coc(C)n2)cc1. The molecular weight excluding hydrogens is 256 g/mol. The fraction of sp³-hybridized carbons (Fsp3) is 0.400. The third-order valence-corrected chi connectivity index (χ3v) is 3.78. The summed E-state index contributed by atoms with van der Waals surface area (Å²) in [5.74, 6) is 3.12. The average molecular weight is 276 g/mol. The second kappa shape index (κ2) is 7.24. The van der Waals surface area contributed by atoms with Crippen molar-refractivity contribution < 1.29 is 4.42 Å². The molecule has 0 fully saturated rings. The Hall–Kier alpha value is -1.42. The van der Waals surface area contributed by atoms with Crippen molar-refractivity contribution in [3.05, 3.63) is 36.4 Å². The minimum atomic E-state index is 0.700. The first-order chi connectivity index (χ1) is 9.29. The molecule has 0 atom stereocenters. The Morgan fingerprint density at radius 1 is 1.26 bits per heavy atom. The molecule has 19 heavy (non-hydrogen) atoms. The number of thioether (sulfide) groups is 1. The van der Waals surface area contributed by atoms with Crippen molar-refractivity contribution in [3.8, 4) is 11.3 Å². The Morgan fingerprint density at radius 3 is 2.68 bits per heavy atom.